The summed E-state index contributed by atoms with van der Waals surface area (Å²) in [6.45, 7) is 7.60. The maximum Gasteiger partial charge on any atom is 0.118 e. The fraction of sp³-hybridized carbons (Fsp3) is 0.438. The van der Waals surface area contributed by atoms with Gasteiger partial charge in [-0.15, -0.1) is 11.3 Å². The van der Waals surface area contributed by atoms with Gasteiger partial charge in [-0.1, -0.05) is 44.2 Å². The van der Waals surface area contributed by atoms with Crippen LogP contribution in [0, 0.1) is 5.41 Å². The predicted octanol–water partition coefficient (Wildman–Crippen LogP) is 3.48. The monoisotopic (exact) mass is 290 g/mol. The summed E-state index contributed by atoms with van der Waals surface area (Å²) >= 11 is 1.64. The zero-order valence-electron chi connectivity index (χ0n) is 12.1. The zero-order chi connectivity index (χ0) is 14.3. The molecule has 0 aliphatic carbocycles. The minimum absolute atomic E-state index is 0.117. The Morgan fingerprint density at radius 1 is 1.25 bits per heavy atom. The van der Waals surface area contributed by atoms with E-state index in [-0.39, 0.29) is 5.41 Å². The van der Waals surface area contributed by atoms with E-state index in [0.29, 0.717) is 6.61 Å². The van der Waals surface area contributed by atoms with Gasteiger partial charge in [-0.25, -0.2) is 4.98 Å². The van der Waals surface area contributed by atoms with E-state index >= 15 is 0 Å². The Hall–Kier alpha value is -1.23. The number of ether oxygens (including phenoxy) is 1. The molecule has 2 aromatic rings. The van der Waals surface area contributed by atoms with Gasteiger partial charge in [0.1, 0.15) is 5.01 Å². The maximum atomic E-state index is 5.75. The summed E-state index contributed by atoms with van der Waals surface area (Å²) in [6, 6.07) is 10.5. The highest BCUT2D eigenvalue weighted by atomic mass is 32.1. The van der Waals surface area contributed by atoms with Crippen LogP contribution in [0.3, 0.4) is 0 Å². The number of aromatic nitrogens is 1. The molecule has 108 valence electrons. The average molecular weight is 290 g/mol. The van der Waals surface area contributed by atoms with Crippen LogP contribution in [0.25, 0.3) is 0 Å². The molecule has 0 amide bonds. The van der Waals surface area contributed by atoms with Gasteiger partial charge in [-0.2, -0.15) is 0 Å². The molecule has 0 aliphatic heterocycles. The lowest BCUT2D eigenvalue weighted by Crippen LogP contribution is -2.32. The Kier molecular flexibility index (Phi) is 5.71. The molecule has 0 bridgehead atoms. The first-order valence-corrected chi connectivity index (χ1v) is 7.74. The minimum Gasteiger partial charge on any atom is -0.374 e. The molecular formula is C16H22N2OS. The standard InChI is InChI=1S/C16H22N2OS/c1-16(2,13-19-11-15-18-8-9-20-15)12-17-10-14-6-4-3-5-7-14/h3-9,17H,10-13H2,1-2H3. The molecule has 0 fully saturated rings. The van der Waals surface area contributed by atoms with Crippen LogP contribution >= 0.6 is 11.3 Å². The van der Waals surface area contributed by atoms with Gasteiger partial charge in [0.2, 0.25) is 0 Å². The fourth-order valence-electron chi connectivity index (χ4n) is 1.93. The van der Waals surface area contributed by atoms with Crippen molar-refractivity contribution in [1.82, 2.24) is 10.3 Å². The van der Waals surface area contributed by atoms with E-state index in [2.05, 4.69) is 48.4 Å². The molecule has 0 atom stereocenters. The topological polar surface area (TPSA) is 34.1 Å². The van der Waals surface area contributed by atoms with Gasteiger partial charge in [-0.05, 0) is 5.56 Å². The fourth-order valence-corrected chi connectivity index (χ4v) is 2.48. The minimum atomic E-state index is 0.117. The summed E-state index contributed by atoms with van der Waals surface area (Å²) in [5, 5.41) is 6.51. The molecule has 1 aromatic carbocycles. The lowest BCUT2D eigenvalue weighted by Gasteiger charge is -2.24. The molecule has 1 N–H and O–H groups in total. The van der Waals surface area contributed by atoms with E-state index in [1.807, 2.05) is 17.6 Å². The molecule has 0 saturated heterocycles. The summed E-state index contributed by atoms with van der Waals surface area (Å²) in [6.07, 6.45) is 1.82. The quantitative estimate of drug-likeness (QED) is 0.808. The highest BCUT2D eigenvalue weighted by Gasteiger charge is 2.17. The van der Waals surface area contributed by atoms with Gasteiger partial charge in [-0.3, -0.25) is 0 Å². The smallest absolute Gasteiger partial charge is 0.118 e. The van der Waals surface area contributed by atoms with Crippen LogP contribution < -0.4 is 5.32 Å². The summed E-state index contributed by atoms with van der Waals surface area (Å²) in [5.74, 6) is 0. The van der Waals surface area contributed by atoms with Crippen molar-refractivity contribution in [1.29, 1.82) is 0 Å². The second-order valence-corrected chi connectivity index (χ2v) is 6.65. The lowest BCUT2D eigenvalue weighted by atomic mass is 9.95. The number of hydrogen-bond donors (Lipinski definition) is 1. The first kappa shape index (κ1) is 15.2. The van der Waals surface area contributed by atoms with Crippen molar-refractivity contribution in [2.75, 3.05) is 13.2 Å². The van der Waals surface area contributed by atoms with Gasteiger partial charge in [0.15, 0.2) is 0 Å². The Morgan fingerprint density at radius 3 is 2.75 bits per heavy atom. The van der Waals surface area contributed by atoms with E-state index < -0.39 is 0 Å². The molecule has 1 heterocycles. The van der Waals surface area contributed by atoms with Gasteiger partial charge in [0.05, 0.1) is 13.2 Å². The van der Waals surface area contributed by atoms with Crippen LogP contribution in [0.15, 0.2) is 41.9 Å². The van der Waals surface area contributed by atoms with Crippen molar-refractivity contribution < 1.29 is 4.74 Å². The van der Waals surface area contributed by atoms with Crippen LogP contribution in [0.4, 0.5) is 0 Å². The van der Waals surface area contributed by atoms with Crippen LogP contribution in [-0.2, 0) is 17.9 Å². The number of hydrogen-bond acceptors (Lipinski definition) is 4. The van der Waals surface area contributed by atoms with Gasteiger partial charge in [0, 0.05) is 30.1 Å². The highest BCUT2D eigenvalue weighted by molar-refractivity contribution is 7.09. The van der Waals surface area contributed by atoms with E-state index in [1.54, 1.807) is 11.3 Å². The van der Waals surface area contributed by atoms with Gasteiger partial charge in [0.25, 0.3) is 0 Å². The first-order valence-electron chi connectivity index (χ1n) is 6.86. The molecule has 20 heavy (non-hydrogen) atoms. The van der Waals surface area contributed by atoms with Crippen molar-refractivity contribution in [3.8, 4) is 0 Å². The predicted molar refractivity (Wildman–Crippen MR) is 83.7 cm³/mol. The maximum absolute atomic E-state index is 5.75. The molecule has 0 unspecified atom stereocenters. The van der Waals surface area contributed by atoms with E-state index in [9.17, 15) is 0 Å². The molecule has 3 nitrogen and oxygen atoms in total. The molecule has 0 aliphatic rings. The number of benzene rings is 1. The Bertz CT molecular complexity index is 482. The van der Waals surface area contributed by atoms with Gasteiger partial charge < -0.3 is 10.1 Å². The number of rotatable bonds is 8. The highest BCUT2D eigenvalue weighted by Crippen LogP contribution is 2.16. The first-order chi connectivity index (χ1) is 9.66. The molecule has 4 heteroatoms. The van der Waals surface area contributed by atoms with Crippen molar-refractivity contribution >= 4 is 11.3 Å². The average Bonchev–Trinajstić information content (AvgIpc) is 2.93. The Balaban J connectivity index is 1.65. The Morgan fingerprint density at radius 2 is 2.05 bits per heavy atom. The number of thiazole rings is 1. The molecular weight excluding hydrogens is 268 g/mol. The van der Waals surface area contributed by atoms with Crippen molar-refractivity contribution in [3.63, 3.8) is 0 Å². The van der Waals surface area contributed by atoms with Crippen LogP contribution in [0.1, 0.15) is 24.4 Å². The molecule has 1 aromatic heterocycles. The summed E-state index contributed by atoms with van der Waals surface area (Å²) < 4.78 is 5.75. The third-order valence-corrected chi connectivity index (χ3v) is 3.73. The molecule has 0 spiro atoms. The third kappa shape index (κ3) is 5.41. The zero-order valence-corrected chi connectivity index (χ0v) is 13.0. The summed E-state index contributed by atoms with van der Waals surface area (Å²) in [4.78, 5) is 4.22. The lowest BCUT2D eigenvalue weighted by molar-refractivity contribution is 0.0510. The van der Waals surface area contributed by atoms with Crippen molar-refractivity contribution in [2.45, 2.75) is 27.0 Å². The SMILES string of the molecule is CC(C)(CNCc1ccccc1)COCc1nccs1. The number of nitrogens with one attached hydrogen (secondary N) is 1. The van der Waals surface area contributed by atoms with Crippen LogP contribution in [-0.4, -0.2) is 18.1 Å². The molecule has 0 saturated carbocycles. The van der Waals surface area contributed by atoms with E-state index in [0.717, 1.165) is 24.7 Å². The Labute approximate surface area is 125 Å². The molecule has 2 rings (SSSR count). The summed E-state index contributed by atoms with van der Waals surface area (Å²) in [5.41, 5.74) is 1.43. The van der Waals surface area contributed by atoms with E-state index in [4.69, 9.17) is 4.74 Å². The summed E-state index contributed by atoms with van der Waals surface area (Å²) in [7, 11) is 0. The van der Waals surface area contributed by atoms with Crippen molar-refractivity contribution in [3.05, 3.63) is 52.5 Å². The van der Waals surface area contributed by atoms with E-state index in [1.165, 1.54) is 5.56 Å². The van der Waals surface area contributed by atoms with Crippen molar-refractivity contribution in [2.24, 2.45) is 5.41 Å². The third-order valence-electron chi connectivity index (χ3n) is 2.98. The normalized spacial score (nSPS) is 11.7. The number of nitrogens with zero attached hydrogens (tertiary/aromatic N) is 1. The second kappa shape index (κ2) is 7.53. The second-order valence-electron chi connectivity index (χ2n) is 5.67. The van der Waals surface area contributed by atoms with Crippen LogP contribution in [0.2, 0.25) is 0 Å². The molecule has 0 radical (unpaired) electrons. The largest absolute Gasteiger partial charge is 0.374 e. The van der Waals surface area contributed by atoms with Gasteiger partial charge >= 0.3 is 0 Å². The van der Waals surface area contributed by atoms with Crippen LogP contribution in [0.5, 0.6) is 0 Å².